The van der Waals surface area contributed by atoms with Gasteiger partial charge in [-0.15, -0.1) is 11.8 Å². The highest BCUT2D eigenvalue weighted by Crippen LogP contribution is 2.23. The van der Waals surface area contributed by atoms with Crippen molar-refractivity contribution in [1.29, 1.82) is 0 Å². The molecule has 0 fully saturated rings. The van der Waals surface area contributed by atoms with E-state index in [9.17, 15) is 9.59 Å². The molecule has 2 rings (SSSR count). The van der Waals surface area contributed by atoms with Crippen molar-refractivity contribution in [2.75, 3.05) is 16.4 Å². The number of amides is 2. The summed E-state index contributed by atoms with van der Waals surface area (Å²) in [6, 6.07) is 12.9. The number of thioether (sulfide) groups is 1. The van der Waals surface area contributed by atoms with E-state index >= 15 is 0 Å². The molecule has 0 atom stereocenters. The van der Waals surface area contributed by atoms with Crippen LogP contribution in [-0.4, -0.2) is 22.6 Å². The summed E-state index contributed by atoms with van der Waals surface area (Å²) >= 11 is 1.41. The molecular weight excluding hydrogens is 334 g/mol. The van der Waals surface area contributed by atoms with Gasteiger partial charge in [-0.3, -0.25) is 9.59 Å². The average molecular weight is 357 g/mol. The molecule has 1 aromatic heterocycles. The molecule has 25 heavy (non-hydrogen) atoms. The van der Waals surface area contributed by atoms with Gasteiger partial charge in [-0.05, 0) is 35.7 Å². The molecule has 1 aromatic carbocycles. The van der Waals surface area contributed by atoms with Crippen LogP contribution in [0, 0.1) is 5.41 Å². The zero-order chi connectivity index (χ0) is 18.3. The van der Waals surface area contributed by atoms with E-state index in [0.717, 1.165) is 10.6 Å². The molecule has 0 saturated heterocycles. The molecule has 0 aliphatic rings. The van der Waals surface area contributed by atoms with Crippen LogP contribution in [-0.2, 0) is 9.59 Å². The maximum atomic E-state index is 12.0. The van der Waals surface area contributed by atoms with Crippen molar-refractivity contribution in [3.8, 4) is 0 Å². The van der Waals surface area contributed by atoms with Crippen LogP contribution in [0.15, 0.2) is 53.6 Å². The number of carbonyl (C=O) groups excluding carboxylic acids is 2. The number of pyridine rings is 1. The molecule has 2 aromatic rings. The lowest BCUT2D eigenvalue weighted by atomic mass is 9.92. The van der Waals surface area contributed by atoms with Crippen molar-refractivity contribution < 1.29 is 9.59 Å². The van der Waals surface area contributed by atoms with Gasteiger partial charge in [0.05, 0.1) is 5.75 Å². The minimum atomic E-state index is -0.120. The topological polar surface area (TPSA) is 71.1 Å². The van der Waals surface area contributed by atoms with Crippen molar-refractivity contribution in [1.82, 2.24) is 4.98 Å². The number of carbonyl (C=O) groups is 2. The summed E-state index contributed by atoms with van der Waals surface area (Å²) in [5.74, 6) is 0.681. The highest BCUT2D eigenvalue weighted by Gasteiger charge is 2.16. The predicted octanol–water partition coefficient (Wildman–Crippen LogP) is 4.19. The highest BCUT2D eigenvalue weighted by molar-refractivity contribution is 8.00. The van der Waals surface area contributed by atoms with Crippen LogP contribution in [0.5, 0.6) is 0 Å². The fourth-order valence-corrected chi connectivity index (χ4v) is 2.87. The summed E-state index contributed by atoms with van der Waals surface area (Å²) in [6.45, 7) is 6.08. The van der Waals surface area contributed by atoms with Gasteiger partial charge in [0, 0.05) is 23.2 Å². The molecule has 6 heteroatoms. The van der Waals surface area contributed by atoms with Crippen molar-refractivity contribution in [2.45, 2.75) is 32.1 Å². The van der Waals surface area contributed by atoms with Crippen molar-refractivity contribution in [2.24, 2.45) is 5.41 Å². The third kappa shape index (κ3) is 7.39. The Kier molecular flexibility index (Phi) is 6.58. The standard InChI is InChI=1S/C19H23N3O2S/c1-19(2,3)12-17(23)21-14-7-6-8-15(11-14)25-13-18(24)22-16-9-4-5-10-20-16/h4-11H,12-13H2,1-3H3,(H,21,23)(H,20,22,24). The molecule has 2 amide bonds. The van der Waals surface area contributed by atoms with Crippen LogP contribution in [0.4, 0.5) is 11.5 Å². The third-order valence-electron chi connectivity index (χ3n) is 3.11. The van der Waals surface area contributed by atoms with Crippen LogP contribution >= 0.6 is 11.8 Å². The Balaban J connectivity index is 1.86. The number of rotatable bonds is 6. The first-order valence-electron chi connectivity index (χ1n) is 8.05. The van der Waals surface area contributed by atoms with E-state index < -0.39 is 0 Å². The predicted molar refractivity (Wildman–Crippen MR) is 103 cm³/mol. The number of nitrogens with zero attached hydrogens (tertiary/aromatic N) is 1. The molecule has 0 aliphatic carbocycles. The fraction of sp³-hybridized carbons (Fsp3) is 0.316. The molecule has 0 aliphatic heterocycles. The van der Waals surface area contributed by atoms with Gasteiger partial charge in [-0.2, -0.15) is 0 Å². The quantitative estimate of drug-likeness (QED) is 0.761. The second-order valence-electron chi connectivity index (χ2n) is 6.87. The summed E-state index contributed by atoms with van der Waals surface area (Å²) in [5.41, 5.74) is 0.685. The van der Waals surface area contributed by atoms with Crippen LogP contribution in [0.25, 0.3) is 0 Å². The molecule has 0 bridgehead atoms. The lowest BCUT2D eigenvalue weighted by molar-refractivity contribution is -0.118. The summed E-state index contributed by atoms with van der Waals surface area (Å²) in [5, 5.41) is 5.65. The Morgan fingerprint density at radius 2 is 1.84 bits per heavy atom. The number of benzene rings is 1. The SMILES string of the molecule is CC(C)(C)CC(=O)Nc1cccc(SCC(=O)Nc2ccccn2)c1. The highest BCUT2D eigenvalue weighted by atomic mass is 32.2. The molecular formula is C19H23N3O2S. The number of anilines is 2. The van der Waals surface area contributed by atoms with Crippen LogP contribution in [0.3, 0.4) is 0 Å². The number of nitrogens with one attached hydrogen (secondary N) is 2. The molecule has 0 unspecified atom stereocenters. The smallest absolute Gasteiger partial charge is 0.235 e. The Hall–Kier alpha value is -2.34. The van der Waals surface area contributed by atoms with E-state index in [2.05, 4.69) is 15.6 Å². The zero-order valence-electron chi connectivity index (χ0n) is 14.7. The van der Waals surface area contributed by atoms with E-state index in [1.807, 2.05) is 51.1 Å². The Morgan fingerprint density at radius 3 is 2.52 bits per heavy atom. The van der Waals surface area contributed by atoms with Crippen molar-refractivity contribution >= 4 is 35.1 Å². The van der Waals surface area contributed by atoms with Crippen molar-refractivity contribution in [3.05, 3.63) is 48.7 Å². The second-order valence-corrected chi connectivity index (χ2v) is 7.91. The van der Waals surface area contributed by atoms with Gasteiger partial charge < -0.3 is 10.6 Å². The maximum Gasteiger partial charge on any atom is 0.235 e. The maximum absolute atomic E-state index is 12.0. The summed E-state index contributed by atoms with van der Waals surface area (Å²) < 4.78 is 0. The first-order valence-corrected chi connectivity index (χ1v) is 9.04. The molecule has 0 spiro atoms. The van der Waals surface area contributed by atoms with Gasteiger partial charge in [0.15, 0.2) is 0 Å². The van der Waals surface area contributed by atoms with Gasteiger partial charge in [0.25, 0.3) is 0 Å². The fourth-order valence-electron chi connectivity index (χ4n) is 2.12. The zero-order valence-corrected chi connectivity index (χ0v) is 15.5. The van der Waals surface area contributed by atoms with Crippen LogP contribution in [0.2, 0.25) is 0 Å². The van der Waals surface area contributed by atoms with Gasteiger partial charge in [-0.1, -0.05) is 32.9 Å². The molecule has 5 nitrogen and oxygen atoms in total. The first-order chi connectivity index (χ1) is 11.8. The molecule has 0 saturated carbocycles. The molecule has 132 valence electrons. The Labute approximate surface area is 152 Å². The van der Waals surface area contributed by atoms with Gasteiger partial charge >= 0.3 is 0 Å². The van der Waals surface area contributed by atoms with Crippen LogP contribution in [0.1, 0.15) is 27.2 Å². The van der Waals surface area contributed by atoms with Gasteiger partial charge in [-0.25, -0.2) is 4.98 Å². The lowest BCUT2D eigenvalue weighted by Crippen LogP contribution is -2.19. The second kappa shape index (κ2) is 8.67. The first kappa shape index (κ1) is 19.0. The summed E-state index contributed by atoms with van der Waals surface area (Å²) in [7, 11) is 0. The van der Waals surface area contributed by atoms with E-state index in [1.54, 1.807) is 18.3 Å². The van der Waals surface area contributed by atoms with E-state index in [-0.39, 0.29) is 23.0 Å². The van der Waals surface area contributed by atoms with Crippen LogP contribution < -0.4 is 10.6 Å². The number of hydrogen-bond donors (Lipinski definition) is 2. The summed E-state index contributed by atoms with van der Waals surface area (Å²) in [6.07, 6.45) is 2.09. The average Bonchev–Trinajstić information content (AvgIpc) is 2.52. The van der Waals surface area contributed by atoms with Crippen molar-refractivity contribution in [3.63, 3.8) is 0 Å². The Morgan fingerprint density at radius 1 is 1.04 bits per heavy atom. The number of aromatic nitrogens is 1. The van der Waals surface area contributed by atoms with E-state index in [0.29, 0.717) is 12.2 Å². The van der Waals surface area contributed by atoms with E-state index in [1.165, 1.54) is 11.8 Å². The Bertz CT molecular complexity index is 727. The van der Waals surface area contributed by atoms with Gasteiger partial charge in [0.2, 0.25) is 11.8 Å². The monoisotopic (exact) mass is 357 g/mol. The number of hydrogen-bond acceptors (Lipinski definition) is 4. The van der Waals surface area contributed by atoms with Gasteiger partial charge in [0.1, 0.15) is 5.82 Å². The lowest BCUT2D eigenvalue weighted by Gasteiger charge is -2.17. The largest absolute Gasteiger partial charge is 0.326 e. The minimum Gasteiger partial charge on any atom is -0.326 e. The van der Waals surface area contributed by atoms with E-state index in [4.69, 9.17) is 0 Å². The molecule has 2 N–H and O–H groups in total. The normalized spacial score (nSPS) is 11.0. The third-order valence-corrected chi connectivity index (χ3v) is 4.10. The molecule has 1 heterocycles. The minimum absolute atomic E-state index is 0.0115. The molecule has 0 radical (unpaired) electrons. The summed E-state index contributed by atoms with van der Waals surface area (Å²) in [4.78, 5) is 29.0.